The van der Waals surface area contributed by atoms with E-state index < -0.39 is 23.7 Å². The molecule has 9 nitrogen and oxygen atoms in total. The number of amides is 1. The molecule has 0 radical (unpaired) electrons. The van der Waals surface area contributed by atoms with Gasteiger partial charge in [0.15, 0.2) is 0 Å². The van der Waals surface area contributed by atoms with E-state index in [1.54, 1.807) is 26.5 Å². The zero-order valence-electron chi connectivity index (χ0n) is 22.0. The molecule has 1 fully saturated rings. The SMILES string of the molecule is CCOc1c(-c2ccc3c(cnn3C)c2)c(-c2ccc(C#N)c(F)c2)nn1C1CCN1C(=O)OC(C)(C)C. The number of rotatable bonds is 5. The quantitative estimate of drug-likeness (QED) is 0.340. The molecular formula is C28H29FN6O3. The maximum absolute atomic E-state index is 14.7. The third-order valence-corrected chi connectivity index (χ3v) is 6.44. The Hall–Kier alpha value is -4.39. The minimum atomic E-state index is -0.639. The Labute approximate surface area is 220 Å². The van der Waals surface area contributed by atoms with Gasteiger partial charge < -0.3 is 9.47 Å². The first kappa shape index (κ1) is 25.3. The van der Waals surface area contributed by atoms with Crippen molar-refractivity contribution in [3.8, 4) is 34.3 Å². The molecule has 2 aromatic carbocycles. The summed E-state index contributed by atoms with van der Waals surface area (Å²) in [4.78, 5) is 14.5. The van der Waals surface area contributed by atoms with Crippen LogP contribution in [0.2, 0.25) is 0 Å². The van der Waals surface area contributed by atoms with E-state index in [9.17, 15) is 14.4 Å². The summed E-state index contributed by atoms with van der Waals surface area (Å²) in [6.45, 7) is 8.21. The van der Waals surface area contributed by atoms with E-state index in [1.165, 1.54) is 12.1 Å². The van der Waals surface area contributed by atoms with Gasteiger partial charge in [0.2, 0.25) is 5.88 Å². The van der Waals surface area contributed by atoms with Crippen molar-refractivity contribution < 1.29 is 18.7 Å². The van der Waals surface area contributed by atoms with Crippen LogP contribution in [0, 0.1) is 17.1 Å². The zero-order chi connectivity index (χ0) is 27.2. The molecule has 1 saturated heterocycles. The first-order valence-electron chi connectivity index (χ1n) is 12.5. The fourth-order valence-corrected chi connectivity index (χ4v) is 4.59. The molecular weight excluding hydrogens is 487 g/mol. The Morgan fingerprint density at radius 1 is 1.21 bits per heavy atom. The number of hydrogen-bond donors (Lipinski definition) is 0. The lowest BCUT2D eigenvalue weighted by Crippen LogP contribution is -2.50. The van der Waals surface area contributed by atoms with Crippen molar-refractivity contribution in [3.05, 3.63) is 54.0 Å². The molecule has 1 unspecified atom stereocenters. The third kappa shape index (κ3) is 4.45. The van der Waals surface area contributed by atoms with Crippen molar-refractivity contribution >= 4 is 17.0 Å². The monoisotopic (exact) mass is 516 g/mol. The molecule has 0 N–H and O–H groups in total. The summed E-state index contributed by atoms with van der Waals surface area (Å²) >= 11 is 0. The highest BCUT2D eigenvalue weighted by molar-refractivity contribution is 5.91. The van der Waals surface area contributed by atoms with E-state index in [4.69, 9.17) is 14.6 Å². The van der Waals surface area contributed by atoms with Crippen LogP contribution in [-0.2, 0) is 11.8 Å². The molecule has 3 heterocycles. The fraction of sp³-hybridized carbons (Fsp3) is 0.357. The minimum absolute atomic E-state index is 0.0494. The molecule has 196 valence electrons. The predicted octanol–water partition coefficient (Wildman–Crippen LogP) is 5.65. The topological polar surface area (TPSA) is 98.2 Å². The molecule has 1 aliphatic rings. The molecule has 5 rings (SSSR count). The maximum Gasteiger partial charge on any atom is 0.412 e. The standard InChI is InChI=1S/C28H29FN6O3/c1-6-37-26-24(17-9-10-22-20(13-17)16-31-33(22)5)25(18-7-8-19(15-30)21(29)14-18)32-35(26)23-11-12-34(23)27(36)38-28(2,3)4/h7-10,13-14,16,23H,6,11-12H2,1-5H3. The van der Waals surface area contributed by atoms with Crippen molar-refractivity contribution in [2.24, 2.45) is 7.05 Å². The zero-order valence-corrected chi connectivity index (χ0v) is 22.0. The second-order valence-corrected chi connectivity index (χ2v) is 10.2. The normalized spacial score (nSPS) is 15.3. The highest BCUT2D eigenvalue weighted by atomic mass is 19.1. The van der Waals surface area contributed by atoms with Gasteiger partial charge in [-0.1, -0.05) is 12.1 Å². The Bertz CT molecular complexity index is 1580. The molecule has 0 spiro atoms. The van der Waals surface area contributed by atoms with Gasteiger partial charge >= 0.3 is 6.09 Å². The molecule has 38 heavy (non-hydrogen) atoms. The van der Waals surface area contributed by atoms with E-state index >= 15 is 0 Å². The van der Waals surface area contributed by atoms with E-state index in [0.717, 1.165) is 16.5 Å². The van der Waals surface area contributed by atoms with Crippen LogP contribution in [0.4, 0.5) is 9.18 Å². The highest BCUT2D eigenvalue weighted by Gasteiger charge is 2.40. The van der Waals surface area contributed by atoms with Crippen LogP contribution in [0.5, 0.6) is 5.88 Å². The van der Waals surface area contributed by atoms with Crippen LogP contribution in [-0.4, -0.2) is 49.3 Å². The second-order valence-electron chi connectivity index (χ2n) is 10.2. The van der Waals surface area contributed by atoms with Crippen LogP contribution in [0.1, 0.15) is 45.8 Å². The third-order valence-electron chi connectivity index (χ3n) is 6.44. The number of fused-ring (bicyclic) bond motifs is 1. The number of aryl methyl sites for hydroxylation is 1. The number of likely N-dealkylation sites (tertiary alicyclic amines) is 1. The smallest absolute Gasteiger partial charge is 0.412 e. The summed E-state index contributed by atoms with van der Waals surface area (Å²) in [7, 11) is 1.87. The van der Waals surface area contributed by atoms with Gasteiger partial charge in [0.05, 0.1) is 29.4 Å². The molecule has 0 saturated carbocycles. The fourth-order valence-electron chi connectivity index (χ4n) is 4.59. The molecule has 0 bridgehead atoms. The van der Waals surface area contributed by atoms with Crippen molar-refractivity contribution in [2.45, 2.75) is 45.9 Å². The van der Waals surface area contributed by atoms with Crippen LogP contribution >= 0.6 is 0 Å². The van der Waals surface area contributed by atoms with Crippen molar-refractivity contribution in [1.82, 2.24) is 24.5 Å². The first-order valence-corrected chi connectivity index (χ1v) is 12.5. The van der Waals surface area contributed by atoms with Gasteiger partial charge in [0, 0.05) is 31.0 Å². The van der Waals surface area contributed by atoms with Crippen LogP contribution < -0.4 is 4.74 Å². The van der Waals surface area contributed by atoms with Gasteiger partial charge in [-0.2, -0.15) is 15.5 Å². The van der Waals surface area contributed by atoms with Crippen LogP contribution in [0.25, 0.3) is 33.3 Å². The Kier molecular flexibility index (Phi) is 6.31. The number of aromatic nitrogens is 4. The predicted molar refractivity (Wildman–Crippen MR) is 140 cm³/mol. The summed E-state index contributed by atoms with van der Waals surface area (Å²) in [5.41, 5.74) is 2.72. The molecule has 1 aliphatic heterocycles. The summed E-state index contributed by atoms with van der Waals surface area (Å²) in [5, 5.41) is 19.4. The average Bonchev–Trinajstić information content (AvgIpc) is 3.38. The number of ether oxygens (including phenoxy) is 2. The summed E-state index contributed by atoms with van der Waals surface area (Å²) in [6.07, 6.45) is 1.57. The number of nitriles is 1. The lowest BCUT2D eigenvalue weighted by molar-refractivity contribution is -0.0276. The molecule has 10 heteroatoms. The van der Waals surface area contributed by atoms with E-state index in [2.05, 4.69) is 5.10 Å². The van der Waals surface area contributed by atoms with Crippen molar-refractivity contribution in [3.63, 3.8) is 0 Å². The van der Waals surface area contributed by atoms with Gasteiger partial charge in [-0.15, -0.1) is 0 Å². The number of carbonyl (C=O) groups excluding carboxylic acids is 1. The maximum atomic E-state index is 14.7. The second kappa shape index (κ2) is 9.49. The number of halogens is 1. The van der Waals surface area contributed by atoms with Gasteiger partial charge in [0.1, 0.15) is 29.3 Å². The van der Waals surface area contributed by atoms with Gasteiger partial charge in [0.25, 0.3) is 0 Å². The number of nitrogens with zero attached hydrogens (tertiary/aromatic N) is 6. The minimum Gasteiger partial charge on any atom is -0.478 e. The first-order chi connectivity index (χ1) is 18.1. The highest BCUT2D eigenvalue weighted by Crippen LogP contribution is 2.44. The summed E-state index contributed by atoms with van der Waals surface area (Å²) < 4.78 is 30.0. The lowest BCUT2D eigenvalue weighted by atomic mass is 9.99. The number of carbonyl (C=O) groups is 1. The molecule has 1 amide bonds. The van der Waals surface area contributed by atoms with Gasteiger partial charge in [-0.05, 0) is 57.5 Å². The van der Waals surface area contributed by atoms with E-state index in [-0.39, 0.29) is 5.56 Å². The summed E-state index contributed by atoms with van der Waals surface area (Å²) in [5.74, 6) is -0.168. The molecule has 2 aromatic heterocycles. The lowest BCUT2D eigenvalue weighted by Gasteiger charge is -2.41. The largest absolute Gasteiger partial charge is 0.478 e. The average molecular weight is 517 g/mol. The van der Waals surface area contributed by atoms with Crippen molar-refractivity contribution in [1.29, 1.82) is 5.26 Å². The Balaban J connectivity index is 1.69. The van der Waals surface area contributed by atoms with Gasteiger partial charge in [-0.25, -0.2) is 13.9 Å². The Morgan fingerprint density at radius 2 is 1.97 bits per heavy atom. The molecule has 1 atom stereocenters. The van der Waals surface area contributed by atoms with Crippen LogP contribution in [0.15, 0.2) is 42.6 Å². The number of hydrogen-bond acceptors (Lipinski definition) is 6. The van der Waals surface area contributed by atoms with Crippen LogP contribution in [0.3, 0.4) is 0 Å². The summed E-state index contributed by atoms with van der Waals surface area (Å²) in [6, 6.07) is 12.2. The molecule has 4 aromatic rings. The number of benzene rings is 2. The van der Waals surface area contributed by atoms with E-state index in [1.807, 2.05) is 59.0 Å². The Morgan fingerprint density at radius 3 is 2.61 bits per heavy atom. The van der Waals surface area contributed by atoms with Gasteiger partial charge in [-0.3, -0.25) is 9.58 Å². The van der Waals surface area contributed by atoms with Crippen molar-refractivity contribution in [2.75, 3.05) is 13.2 Å². The molecule has 0 aliphatic carbocycles. The van der Waals surface area contributed by atoms with E-state index in [0.29, 0.717) is 42.3 Å².